The van der Waals surface area contributed by atoms with Gasteiger partial charge in [0.25, 0.3) is 5.69 Å². The van der Waals surface area contributed by atoms with Gasteiger partial charge in [-0.15, -0.1) is 0 Å². The molecule has 9 heteroatoms. The summed E-state index contributed by atoms with van der Waals surface area (Å²) in [5.41, 5.74) is 2.23. The summed E-state index contributed by atoms with van der Waals surface area (Å²) in [7, 11) is 0. The summed E-state index contributed by atoms with van der Waals surface area (Å²) in [5, 5.41) is 20.5. The average Bonchev–Trinajstić information content (AvgIpc) is 3.19. The van der Waals surface area contributed by atoms with Gasteiger partial charge in [-0.05, 0) is 41.3 Å². The van der Waals surface area contributed by atoms with Crippen molar-refractivity contribution in [1.29, 1.82) is 0 Å². The molecule has 1 aliphatic heterocycles. The fourth-order valence-electron chi connectivity index (χ4n) is 3.44. The minimum atomic E-state index is -1.10. The van der Waals surface area contributed by atoms with E-state index in [2.05, 4.69) is 6.58 Å². The molecule has 0 saturated carbocycles. The van der Waals surface area contributed by atoms with Gasteiger partial charge >= 0.3 is 11.9 Å². The molecule has 0 bridgehead atoms. The Labute approximate surface area is 177 Å². The maximum atomic E-state index is 12.4. The molecule has 0 spiro atoms. The first-order chi connectivity index (χ1) is 14.8. The van der Waals surface area contributed by atoms with Gasteiger partial charge < -0.3 is 14.7 Å². The summed E-state index contributed by atoms with van der Waals surface area (Å²) in [5.74, 6) is -2.06. The molecule has 1 aliphatic rings. The van der Waals surface area contributed by atoms with Crippen molar-refractivity contribution in [2.24, 2.45) is 0 Å². The molecule has 9 nitrogen and oxygen atoms in total. The van der Waals surface area contributed by atoms with Crippen molar-refractivity contribution in [1.82, 2.24) is 0 Å². The van der Waals surface area contributed by atoms with Crippen molar-refractivity contribution in [3.8, 4) is 11.1 Å². The van der Waals surface area contributed by atoms with Gasteiger partial charge in [-0.25, -0.2) is 4.79 Å². The Balaban J connectivity index is 1.91. The highest BCUT2D eigenvalue weighted by Gasteiger charge is 2.33. The first-order valence-corrected chi connectivity index (χ1v) is 9.53. The first kappa shape index (κ1) is 21.7. The summed E-state index contributed by atoms with van der Waals surface area (Å²) < 4.78 is 4.98. The van der Waals surface area contributed by atoms with Crippen LogP contribution >= 0.6 is 0 Å². The van der Waals surface area contributed by atoms with E-state index in [0.29, 0.717) is 28.7 Å². The lowest BCUT2D eigenvalue weighted by Gasteiger charge is -2.17. The number of aliphatic carboxylic acids is 1. The number of carboxylic acid groups (broad SMARTS) is 1. The van der Waals surface area contributed by atoms with E-state index in [4.69, 9.17) is 9.84 Å². The van der Waals surface area contributed by atoms with Crippen molar-refractivity contribution in [2.45, 2.75) is 19.3 Å². The highest BCUT2D eigenvalue weighted by Crippen LogP contribution is 2.41. The first-order valence-electron chi connectivity index (χ1n) is 9.53. The molecule has 0 fully saturated rings. The van der Waals surface area contributed by atoms with Gasteiger partial charge in [0.1, 0.15) is 12.3 Å². The molecule has 0 saturated heterocycles. The lowest BCUT2D eigenvalue weighted by molar-refractivity contribution is -0.384. The number of fused-ring (bicyclic) bond motifs is 1. The van der Waals surface area contributed by atoms with E-state index in [1.807, 2.05) is 0 Å². The second-order valence-electron chi connectivity index (χ2n) is 6.91. The second-order valence-corrected chi connectivity index (χ2v) is 6.91. The van der Waals surface area contributed by atoms with E-state index in [1.165, 1.54) is 17.0 Å². The number of nitrogens with zero attached hydrogens (tertiary/aromatic N) is 2. The van der Waals surface area contributed by atoms with Crippen LogP contribution in [0.4, 0.5) is 11.4 Å². The third-order valence-electron chi connectivity index (χ3n) is 4.88. The molecule has 0 atom stereocenters. The Kier molecular flexibility index (Phi) is 6.44. The van der Waals surface area contributed by atoms with Crippen molar-refractivity contribution >= 4 is 29.2 Å². The van der Waals surface area contributed by atoms with E-state index in [1.54, 1.807) is 30.3 Å². The predicted octanol–water partition coefficient (Wildman–Crippen LogP) is 3.36. The third kappa shape index (κ3) is 4.77. The largest absolute Gasteiger partial charge is 0.481 e. The number of carboxylic acids is 1. The number of benzene rings is 2. The Morgan fingerprint density at radius 3 is 2.48 bits per heavy atom. The Hall–Kier alpha value is -4.01. The highest BCUT2D eigenvalue weighted by atomic mass is 16.6. The zero-order valence-electron chi connectivity index (χ0n) is 16.6. The number of anilines is 1. The minimum Gasteiger partial charge on any atom is -0.481 e. The standard InChI is InChI=1S/C22H20N2O7/c1-2-11-31-22(28)15-5-3-14(4-6-15)17-12-16-9-10-23(19(25)7-8-20(26)27)21(16)18(13-17)24(29)30/h2-6,12-13H,1,7-11H2,(H,26,27). The van der Waals surface area contributed by atoms with Crippen LogP contribution in [0.5, 0.6) is 0 Å². The lowest BCUT2D eigenvalue weighted by atomic mass is 9.99. The minimum absolute atomic E-state index is 0.0965. The fraction of sp³-hybridized carbons (Fsp3) is 0.227. The quantitative estimate of drug-likeness (QED) is 0.298. The molecule has 1 amide bonds. The molecule has 3 rings (SSSR count). The normalized spacial score (nSPS) is 12.2. The fourth-order valence-corrected chi connectivity index (χ4v) is 3.44. The molecule has 0 unspecified atom stereocenters. The number of esters is 1. The Bertz CT molecular complexity index is 1060. The molecule has 2 aromatic carbocycles. The van der Waals surface area contributed by atoms with Gasteiger partial charge in [0.15, 0.2) is 0 Å². The molecule has 31 heavy (non-hydrogen) atoms. The summed E-state index contributed by atoms with van der Waals surface area (Å²) in [6.45, 7) is 3.83. The van der Waals surface area contributed by atoms with Crippen molar-refractivity contribution in [3.05, 3.63) is 70.3 Å². The summed E-state index contributed by atoms with van der Waals surface area (Å²) in [6.07, 6.45) is 1.33. The van der Waals surface area contributed by atoms with Crippen LogP contribution in [0.15, 0.2) is 49.1 Å². The third-order valence-corrected chi connectivity index (χ3v) is 4.88. The summed E-state index contributed by atoms with van der Waals surface area (Å²) >= 11 is 0. The van der Waals surface area contributed by atoms with Crippen LogP contribution in [0, 0.1) is 10.1 Å². The van der Waals surface area contributed by atoms with Crippen LogP contribution < -0.4 is 4.90 Å². The topological polar surface area (TPSA) is 127 Å². The van der Waals surface area contributed by atoms with Crippen LogP contribution in [0.1, 0.15) is 28.8 Å². The number of carbonyl (C=O) groups is 3. The smallest absolute Gasteiger partial charge is 0.338 e. The van der Waals surface area contributed by atoms with Gasteiger partial charge in [0.05, 0.1) is 16.9 Å². The SMILES string of the molecule is C=CCOC(=O)c1ccc(-c2cc3c(c([N+](=O)[O-])c2)N(C(=O)CCC(=O)O)CC3)cc1. The predicted molar refractivity (Wildman–Crippen MR) is 112 cm³/mol. The molecule has 2 aromatic rings. The van der Waals surface area contributed by atoms with E-state index in [9.17, 15) is 24.5 Å². The van der Waals surface area contributed by atoms with Crippen LogP contribution in [-0.2, 0) is 20.7 Å². The number of carbonyl (C=O) groups excluding carboxylic acids is 2. The van der Waals surface area contributed by atoms with E-state index in [0.717, 1.165) is 0 Å². The lowest BCUT2D eigenvalue weighted by Crippen LogP contribution is -2.29. The van der Waals surface area contributed by atoms with Gasteiger partial charge in [-0.3, -0.25) is 19.7 Å². The van der Waals surface area contributed by atoms with Crippen molar-refractivity contribution in [3.63, 3.8) is 0 Å². The van der Waals surface area contributed by atoms with E-state index in [-0.39, 0.29) is 37.4 Å². The van der Waals surface area contributed by atoms with Crippen LogP contribution in [0.3, 0.4) is 0 Å². The van der Waals surface area contributed by atoms with Crippen LogP contribution in [-0.4, -0.2) is 41.0 Å². The maximum absolute atomic E-state index is 12.4. The molecule has 0 radical (unpaired) electrons. The highest BCUT2D eigenvalue weighted by molar-refractivity contribution is 6.00. The molecule has 160 valence electrons. The number of ether oxygens (including phenoxy) is 1. The second kappa shape index (κ2) is 9.21. The van der Waals surface area contributed by atoms with Gasteiger partial charge in [0.2, 0.25) is 5.91 Å². The van der Waals surface area contributed by atoms with Crippen molar-refractivity contribution in [2.75, 3.05) is 18.1 Å². The molecule has 1 N–H and O–H groups in total. The van der Waals surface area contributed by atoms with Gasteiger partial charge in [-0.1, -0.05) is 24.8 Å². The van der Waals surface area contributed by atoms with E-state index < -0.39 is 22.8 Å². The number of amides is 1. The monoisotopic (exact) mass is 424 g/mol. The molecule has 1 heterocycles. The summed E-state index contributed by atoms with van der Waals surface area (Å²) in [6, 6.07) is 9.63. The molecule has 0 aromatic heterocycles. The van der Waals surface area contributed by atoms with Gasteiger partial charge in [-0.2, -0.15) is 0 Å². The number of hydrogen-bond donors (Lipinski definition) is 1. The zero-order chi connectivity index (χ0) is 22.5. The zero-order valence-corrected chi connectivity index (χ0v) is 16.6. The van der Waals surface area contributed by atoms with Crippen molar-refractivity contribution < 1.29 is 29.2 Å². The molecular weight excluding hydrogens is 404 g/mol. The number of nitro benzene ring substituents is 1. The average molecular weight is 424 g/mol. The summed E-state index contributed by atoms with van der Waals surface area (Å²) in [4.78, 5) is 47.5. The number of nitro groups is 1. The van der Waals surface area contributed by atoms with E-state index >= 15 is 0 Å². The van der Waals surface area contributed by atoms with Crippen LogP contribution in [0.2, 0.25) is 0 Å². The molecular formula is C22H20N2O7. The van der Waals surface area contributed by atoms with Crippen LogP contribution in [0.25, 0.3) is 11.1 Å². The maximum Gasteiger partial charge on any atom is 0.338 e. The Morgan fingerprint density at radius 1 is 1.16 bits per heavy atom. The van der Waals surface area contributed by atoms with Gasteiger partial charge in [0, 0.05) is 19.0 Å². The Morgan fingerprint density at radius 2 is 1.87 bits per heavy atom. The molecule has 0 aliphatic carbocycles. The number of rotatable bonds is 8. The number of hydrogen-bond acceptors (Lipinski definition) is 6.